The number of amides is 1. The molecule has 1 atom stereocenters. The van der Waals surface area contributed by atoms with Crippen molar-refractivity contribution in [1.82, 2.24) is 10.3 Å². The minimum absolute atomic E-state index is 0.0760. The molecule has 0 aliphatic carbocycles. The molecule has 0 aromatic carbocycles. The van der Waals surface area contributed by atoms with Gasteiger partial charge in [0.15, 0.2) is 0 Å². The fraction of sp³-hybridized carbons (Fsp3) is 0.500. The van der Waals surface area contributed by atoms with Crippen LogP contribution >= 0.6 is 0 Å². The maximum absolute atomic E-state index is 12.3. The van der Waals surface area contributed by atoms with Crippen molar-refractivity contribution in [2.75, 3.05) is 20.8 Å². The summed E-state index contributed by atoms with van der Waals surface area (Å²) in [4.78, 5) is 27.4. The van der Waals surface area contributed by atoms with Crippen molar-refractivity contribution in [1.29, 1.82) is 0 Å². The van der Waals surface area contributed by atoms with E-state index < -0.39 is 17.4 Å². The summed E-state index contributed by atoms with van der Waals surface area (Å²) in [7, 11) is 2.87. The van der Waals surface area contributed by atoms with Crippen LogP contribution in [0.3, 0.4) is 0 Å². The molecule has 1 amide bonds. The summed E-state index contributed by atoms with van der Waals surface area (Å²) in [5, 5.41) is 11.6. The Hall–Kier alpha value is -2.15. The van der Waals surface area contributed by atoms with Crippen molar-refractivity contribution in [2.45, 2.75) is 25.8 Å². The number of hydrogen-bond acceptors (Lipinski definition) is 5. The largest absolute Gasteiger partial charge is 0.481 e. The van der Waals surface area contributed by atoms with Crippen LogP contribution in [0.15, 0.2) is 12.1 Å². The Bertz CT molecular complexity index is 532. The average Bonchev–Trinajstić information content (AvgIpc) is 2.37. The molecule has 0 fully saturated rings. The molecular weight excluding hydrogens is 276 g/mol. The smallest absolute Gasteiger partial charge is 0.305 e. The lowest BCUT2D eigenvalue weighted by Gasteiger charge is -2.28. The molecule has 0 aliphatic heterocycles. The van der Waals surface area contributed by atoms with E-state index >= 15 is 0 Å². The second kappa shape index (κ2) is 7.03. The molecule has 116 valence electrons. The van der Waals surface area contributed by atoms with E-state index in [2.05, 4.69) is 10.3 Å². The van der Waals surface area contributed by atoms with Gasteiger partial charge in [-0.1, -0.05) is 0 Å². The Labute approximate surface area is 123 Å². The van der Waals surface area contributed by atoms with Crippen LogP contribution in [0, 0.1) is 6.92 Å². The Morgan fingerprint density at radius 1 is 1.38 bits per heavy atom. The molecule has 2 N–H and O–H groups in total. The van der Waals surface area contributed by atoms with Crippen molar-refractivity contribution in [2.24, 2.45) is 0 Å². The van der Waals surface area contributed by atoms with Gasteiger partial charge in [0, 0.05) is 12.8 Å². The molecule has 0 saturated carbocycles. The predicted molar refractivity (Wildman–Crippen MR) is 75.5 cm³/mol. The van der Waals surface area contributed by atoms with E-state index in [0.717, 1.165) is 0 Å². The van der Waals surface area contributed by atoms with Gasteiger partial charge in [-0.15, -0.1) is 0 Å². The van der Waals surface area contributed by atoms with Crippen LogP contribution in [-0.2, 0) is 9.53 Å². The van der Waals surface area contributed by atoms with Crippen LogP contribution in [0.2, 0.25) is 0 Å². The van der Waals surface area contributed by atoms with Gasteiger partial charge in [-0.2, -0.15) is 0 Å². The van der Waals surface area contributed by atoms with Gasteiger partial charge < -0.3 is 19.9 Å². The van der Waals surface area contributed by atoms with Crippen molar-refractivity contribution in [3.8, 4) is 5.88 Å². The molecule has 1 heterocycles. The zero-order valence-electron chi connectivity index (χ0n) is 12.6. The molecule has 7 nitrogen and oxygen atoms in total. The number of nitrogens with zero attached hydrogens (tertiary/aromatic N) is 1. The molecule has 1 unspecified atom stereocenters. The normalized spacial score (nSPS) is 13.3. The first-order valence-corrected chi connectivity index (χ1v) is 6.36. The number of rotatable bonds is 7. The van der Waals surface area contributed by atoms with Crippen molar-refractivity contribution >= 4 is 11.9 Å². The lowest BCUT2D eigenvalue weighted by molar-refractivity contribution is -0.139. The van der Waals surface area contributed by atoms with E-state index in [4.69, 9.17) is 14.6 Å². The topological polar surface area (TPSA) is 97.8 Å². The van der Waals surface area contributed by atoms with Gasteiger partial charge in [0.05, 0.1) is 25.7 Å². The van der Waals surface area contributed by atoms with Crippen LogP contribution < -0.4 is 10.1 Å². The Morgan fingerprint density at radius 2 is 2.05 bits per heavy atom. The lowest BCUT2D eigenvalue weighted by Crippen LogP contribution is -2.50. The molecule has 0 bridgehead atoms. The zero-order chi connectivity index (χ0) is 16.0. The van der Waals surface area contributed by atoms with Gasteiger partial charge in [-0.3, -0.25) is 9.59 Å². The van der Waals surface area contributed by atoms with Gasteiger partial charge in [0.2, 0.25) is 5.88 Å². The Kier molecular flexibility index (Phi) is 5.66. The number of hydrogen-bond donors (Lipinski definition) is 2. The minimum atomic E-state index is -1.02. The highest BCUT2D eigenvalue weighted by molar-refractivity contribution is 5.97. The zero-order valence-corrected chi connectivity index (χ0v) is 12.6. The second-order valence-electron chi connectivity index (χ2n) is 5.03. The third-order valence-electron chi connectivity index (χ3n) is 2.86. The third-order valence-corrected chi connectivity index (χ3v) is 2.86. The first-order valence-electron chi connectivity index (χ1n) is 6.36. The quantitative estimate of drug-likeness (QED) is 0.779. The molecule has 1 aromatic rings. The number of methoxy groups -OCH3 is 2. The summed E-state index contributed by atoms with van der Waals surface area (Å²) in [5.41, 5.74) is -0.0579. The first kappa shape index (κ1) is 16.9. The number of nitrogens with one attached hydrogen (secondary N) is 1. The number of ether oxygens (including phenoxy) is 2. The van der Waals surface area contributed by atoms with Crippen molar-refractivity contribution < 1.29 is 24.2 Å². The standard InChI is InChI=1S/C14H20N2O5/c1-9-5-6-10(13(15-9)21-4)12(19)16-14(2,8-20-3)7-11(17)18/h5-6H,7-8H2,1-4H3,(H,16,19)(H,17,18). The van der Waals surface area contributed by atoms with Crippen LogP contribution in [0.4, 0.5) is 0 Å². The van der Waals surface area contributed by atoms with Crippen LogP contribution in [0.1, 0.15) is 29.4 Å². The molecule has 1 rings (SSSR count). The first-order chi connectivity index (χ1) is 9.81. The number of carboxylic acid groups (broad SMARTS) is 1. The Balaban J connectivity index is 2.99. The summed E-state index contributed by atoms with van der Waals surface area (Å²) in [6.07, 6.45) is -0.256. The van der Waals surface area contributed by atoms with Gasteiger partial charge >= 0.3 is 5.97 Å². The fourth-order valence-electron chi connectivity index (χ4n) is 1.99. The number of carbonyl (C=O) groups excluding carboxylic acids is 1. The van der Waals surface area contributed by atoms with E-state index in [-0.39, 0.29) is 24.5 Å². The van der Waals surface area contributed by atoms with E-state index in [1.165, 1.54) is 14.2 Å². The maximum Gasteiger partial charge on any atom is 0.305 e. The number of carboxylic acids is 1. The van der Waals surface area contributed by atoms with Crippen LogP contribution in [-0.4, -0.2) is 48.3 Å². The third kappa shape index (κ3) is 4.71. The molecule has 0 radical (unpaired) electrons. The molecular formula is C14H20N2O5. The monoisotopic (exact) mass is 296 g/mol. The minimum Gasteiger partial charge on any atom is -0.481 e. The summed E-state index contributed by atoms with van der Waals surface area (Å²) in [6.45, 7) is 3.47. The molecule has 1 aromatic heterocycles. The predicted octanol–water partition coefficient (Wildman–Crippen LogP) is 1.01. The highest BCUT2D eigenvalue weighted by atomic mass is 16.5. The molecule has 21 heavy (non-hydrogen) atoms. The second-order valence-corrected chi connectivity index (χ2v) is 5.03. The number of carbonyl (C=O) groups is 2. The highest BCUT2D eigenvalue weighted by Gasteiger charge is 2.31. The summed E-state index contributed by atoms with van der Waals surface area (Å²) in [5.74, 6) is -1.29. The van der Waals surface area contributed by atoms with E-state index in [1.807, 2.05) is 0 Å². The molecule has 0 saturated heterocycles. The van der Waals surface area contributed by atoms with E-state index in [1.54, 1.807) is 26.0 Å². The van der Waals surface area contributed by atoms with Gasteiger partial charge in [-0.05, 0) is 26.0 Å². The lowest BCUT2D eigenvalue weighted by atomic mass is 9.98. The van der Waals surface area contributed by atoms with E-state index in [0.29, 0.717) is 5.69 Å². The maximum atomic E-state index is 12.3. The van der Waals surface area contributed by atoms with Crippen LogP contribution in [0.25, 0.3) is 0 Å². The number of aryl methyl sites for hydroxylation is 1. The number of aliphatic carboxylic acids is 1. The average molecular weight is 296 g/mol. The summed E-state index contributed by atoms with van der Waals surface area (Å²) >= 11 is 0. The summed E-state index contributed by atoms with van der Waals surface area (Å²) < 4.78 is 10.1. The summed E-state index contributed by atoms with van der Waals surface area (Å²) in [6, 6.07) is 3.27. The highest BCUT2D eigenvalue weighted by Crippen LogP contribution is 2.18. The van der Waals surface area contributed by atoms with Crippen molar-refractivity contribution in [3.63, 3.8) is 0 Å². The van der Waals surface area contributed by atoms with Gasteiger partial charge in [-0.25, -0.2) is 4.98 Å². The van der Waals surface area contributed by atoms with Gasteiger partial charge in [0.1, 0.15) is 5.56 Å². The van der Waals surface area contributed by atoms with Crippen LogP contribution in [0.5, 0.6) is 5.88 Å². The number of pyridine rings is 1. The van der Waals surface area contributed by atoms with Gasteiger partial charge in [0.25, 0.3) is 5.91 Å². The van der Waals surface area contributed by atoms with E-state index in [9.17, 15) is 9.59 Å². The number of aromatic nitrogens is 1. The molecule has 7 heteroatoms. The Morgan fingerprint density at radius 3 is 2.57 bits per heavy atom. The molecule has 0 spiro atoms. The molecule has 0 aliphatic rings. The fourth-order valence-corrected chi connectivity index (χ4v) is 1.99. The van der Waals surface area contributed by atoms with Crippen molar-refractivity contribution in [3.05, 3.63) is 23.4 Å². The SMILES string of the molecule is COCC(C)(CC(=O)O)NC(=O)c1ccc(C)nc1OC.